The second-order valence-electron chi connectivity index (χ2n) is 4.11. The van der Waals surface area contributed by atoms with Gasteiger partial charge in [0, 0.05) is 25.0 Å². The fourth-order valence-corrected chi connectivity index (χ4v) is 2.40. The lowest BCUT2D eigenvalue weighted by Gasteiger charge is -2.08. The zero-order valence-electron chi connectivity index (χ0n) is 12.1. The number of rotatable bonds is 6. The zero-order chi connectivity index (χ0) is 16.0. The van der Waals surface area contributed by atoms with Gasteiger partial charge in [-0.2, -0.15) is 0 Å². The van der Waals surface area contributed by atoms with Crippen LogP contribution in [0.15, 0.2) is 29.2 Å². The van der Waals surface area contributed by atoms with Crippen LogP contribution in [0.4, 0.5) is 5.69 Å². The van der Waals surface area contributed by atoms with Gasteiger partial charge < -0.3 is 21.4 Å². The van der Waals surface area contributed by atoms with Crippen molar-refractivity contribution in [2.24, 2.45) is 0 Å². The van der Waals surface area contributed by atoms with Crippen LogP contribution < -0.4 is 21.3 Å². The standard InChI is InChI=1S/C12H14N2O6S.H3N/c1-8(15)14-21(19,20)10-4-2-9(3-5-10)13-11(16)6-7-12(17)18;/h2-5H,6-7H2,1H3,(H,13,16)(H,14,15)(H,17,18);1H3. The van der Waals surface area contributed by atoms with Crippen molar-refractivity contribution in [3.63, 3.8) is 0 Å². The third kappa shape index (κ3) is 6.33. The van der Waals surface area contributed by atoms with E-state index in [0.29, 0.717) is 5.69 Å². The van der Waals surface area contributed by atoms with Gasteiger partial charge in [0.15, 0.2) is 0 Å². The summed E-state index contributed by atoms with van der Waals surface area (Å²) in [6.07, 6.45) is -0.644. The molecule has 0 heterocycles. The molecule has 122 valence electrons. The fraction of sp³-hybridized carbons (Fsp3) is 0.250. The molecule has 0 atom stereocenters. The monoisotopic (exact) mass is 331 g/mol. The number of sulfonamides is 1. The Morgan fingerprint density at radius 1 is 1.09 bits per heavy atom. The van der Waals surface area contributed by atoms with Crippen LogP contribution in [0, 0.1) is 0 Å². The minimum atomic E-state index is -3.92. The van der Waals surface area contributed by atoms with Crippen LogP contribution in [0.3, 0.4) is 0 Å². The Bertz CT molecular complexity index is 654. The molecule has 0 aromatic heterocycles. The fourth-order valence-electron chi connectivity index (χ4n) is 1.40. The molecule has 2 amide bonds. The molecule has 0 spiro atoms. The minimum absolute atomic E-state index is 0. The molecule has 0 fully saturated rings. The van der Waals surface area contributed by atoms with E-state index in [1.807, 2.05) is 0 Å². The van der Waals surface area contributed by atoms with Crippen LogP contribution in [0.25, 0.3) is 0 Å². The quantitative estimate of drug-likeness (QED) is 0.625. The molecule has 0 aliphatic carbocycles. The Morgan fingerprint density at radius 2 is 1.64 bits per heavy atom. The zero-order valence-corrected chi connectivity index (χ0v) is 12.9. The van der Waals surface area contributed by atoms with Gasteiger partial charge in [-0.3, -0.25) is 9.59 Å². The van der Waals surface area contributed by atoms with Crippen molar-refractivity contribution < 1.29 is 27.9 Å². The van der Waals surface area contributed by atoms with Crippen LogP contribution in [-0.4, -0.2) is 26.2 Å². The summed E-state index contributed by atoms with van der Waals surface area (Å²) in [6, 6.07) is 5.07. The van der Waals surface area contributed by atoms with Gasteiger partial charge in [0.05, 0.1) is 4.90 Å². The molecule has 22 heavy (non-hydrogen) atoms. The van der Waals surface area contributed by atoms with Gasteiger partial charge >= 0.3 is 0 Å². The number of anilines is 1. The summed E-state index contributed by atoms with van der Waals surface area (Å²) in [6.45, 7) is 1.07. The number of carboxylic acids is 1. The molecular formula is C12H17N3O6S. The van der Waals surface area contributed by atoms with Crippen LogP contribution in [0.5, 0.6) is 0 Å². The Kier molecular flexibility index (Phi) is 7.19. The smallest absolute Gasteiger partial charge is 0.264 e. The number of amides is 2. The molecule has 1 aromatic carbocycles. The van der Waals surface area contributed by atoms with Crippen molar-refractivity contribution in [1.29, 1.82) is 0 Å². The van der Waals surface area contributed by atoms with Crippen molar-refractivity contribution in [2.75, 3.05) is 5.32 Å². The summed E-state index contributed by atoms with van der Waals surface area (Å²) >= 11 is 0. The van der Waals surface area contributed by atoms with Crippen LogP contribution in [0.1, 0.15) is 19.8 Å². The second-order valence-corrected chi connectivity index (χ2v) is 5.79. The Hall–Kier alpha value is -2.46. The van der Waals surface area contributed by atoms with E-state index in [9.17, 15) is 27.9 Å². The molecule has 0 saturated carbocycles. The number of quaternary nitrogens is 1. The molecule has 0 bridgehead atoms. The normalized spacial score (nSPS) is 10.2. The second kappa shape index (κ2) is 8.10. The summed E-state index contributed by atoms with van der Waals surface area (Å²) in [7, 11) is -3.92. The summed E-state index contributed by atoms with van der Waals surface area (Å²) in [5.41, 5.74) is 0.306. The van der Waals surface area contributed by atoms with E-state index in [1.165, 1.54) is 24.3 Å². The van der Waals surface area contributed by atoms with Crippen LogP contribution in [-0.2, 0) is 24.4 Å². The highest BCUT2D eigenvalue weighted by atomic mass is 32.2. The Labute approximate surface area is 127 Å². The average molecular weight is 331 g/mol. The van der Waals surface area contributed by atoms with Gasteiger partial charge in [0.25, 0.3) is 10.0 Å². The highest BCUT2D eigenvalue weighted by molar-refractivity contribution is 7.90. The number of hydrogen-bond acceptors (Lipinski definition) is 6. The third-order valence-corrected chi connectivity index (χ3v) is 3.73. The van der Waals surface area contributed by atoms with Gasteiger partial charge in [-0.1, -0.05) is 0 Å². The maximum Gasteiger partial charge on any atom is 0.264 e. The maximum absolute atomic E-state index is 11.7. The first kappa shape index (κ1) is 19.5. The molecule has 1 aromatic rings. The van der Waals surface area contributed by atoms with E-state index in [1.54, 1.807) is 4.72 Å². The maximum atomic E-state index is 11.7. The molecule has 9 nitrogen and oxygen atoms in total. The lowest BCUT2D eigenvalue weighted by atomic mass is 10.2. The number of benzene rings is 1. The van der Waals surface area contributed by atoms with E-state index < -0.39 is 34.2 Å². The van der Waals surface area contributed by atoms with Crippen molar-refractivity contribution in [2.45, 2.75) is 24.7 Å². The van der Waals surface area contributed by atoms with Crippen molar-refractivity contribution >= 4 is 33.5 Å². The largest absolute Gasteiger partial charge is 0.550 e. The van der Waals surface area contributed by atoms with Crippen LogP contribution >= 0.6 is 0 Å². The first-order valence-corrected chi connectivity index (χ1v) is 7.32. The topological polar surface area (TPSA) is 169 Å². The van der Waals surface area contributed by atoms with Crippen molar-refractivity contribution in [3.8, 4) is 0 Å². The van der Waals surface area contributed by atoms with Crippen molar-refractivity contribution in [3.05, 3.63) is 24.3 Å². The van der Waals surface area contributed by atoms with Gasteiger partial charge in [0.2, 0.25) is 11.8 Å². The van der Waals surface area contributed by atoms with E-state index in [2.05, 4.69) is 5.32 Å². The lowest BCUT2D eigenvalue weighted by molar-refractivity contribution is -0.305. The van der Waals surface area contributed by atoms with Crippen molar-refractivity contribution in [1.82, 2.24) is 10.9 Å². The molecule has 0 aliphatic rings. The number of aliphatic carboxylic acids is 1. The van der Waals surface area contributed by atoms with Gasteiger partial charge in [0.1, 0.15) is 0 Å². The summed E-state index contributed by atoms with van der Waals surface area (Å²) in [5.74, 6) is -2.58. The lowest BCUT2D eigenvalue weighted by Crippen LogP contribution is -2.28. The first-order valence-electron chi connectivity index (χ1n) is 5.84. The van der Waals surface area contributed by atoms with Crippen LogP contribution in [0.2, 0.25) is 0 Å². The van der Waals surface area contributed by atoms with Gasteiger partial charge in [-0.25, -0.2) is 13.1 Å². The number of carbonyl (C=O) groups is 3. The highest BCUT2D eigenvalue weighted by Crippen LogP contribution is 2.14. The molecule has 6 N–H and O–H groups in total. The highest BCUT2D eigenvalue weighted by Gasteiger charge is 2.15. The van der Waals surface area contributed by atoms with E-state index in [4.69, 9.17) is 0 Å². The molecule has 0 radical (unpaired) electrons. The predicted molar refractivity (Wildman–Crippen MR) is 76.3 cm³/mol. The summed E-state index contributed by atoms with van der Waals surface area (Å²) in [5, 5.41) is 12.6. The summed E-state index contributed by atoms with van der Waals surface area (Å²) < 4.78 is 25.1. The number of hydrogen-bond donors (Lipinski definition) is 3. The molecule has 1 rings (SSSR count). The van der Waals surface area contributed by atoms with Gasteiger partial charge in [-0.15, -0.1) is 0 Å². The minimum Gasteiger partial charge on any atom is -0.550 e. The molecule has 0 saturated heterocycles. The molecule has 0 unspecified atom stereocenters. The number of carbonyl (C=O) groups excluding carboxylic acids is 3. The summed E-state index contributed by atoms with van der Waals surface area (Å²) in [4.78, 5) is 32.2. The SMILES string of the molecule is CC(=O)NS(=O)(=O)c1ccc(NC(=O)CCC(=O)[O-])cc1.[NH4+]. The predicted octanol–water partition coefficient (Wildman–Crippen LogP) is -0.644. The average Bonchev–Trinajstić information content (AvgIpc) is 2.35. The number of nitrogens with one attached hydrogen (secondary N) is 2. The molecule has 0 aliphatic heterocycles. The van der Waals surface area contributed by atoms with E-state index in [-0.39, 0.29) is 17.5 Å². The van der Waals surface area contributed by atoms with Gasteiger partial charge in [-0.05, 0) is 30.7 Å². The molecule has 10 heteroatoms. The Morgan fingerprint density at radius 3 is 2.09 bits per heavy atom. The third-order valence-electron chi connectivity index (χ3n) is 2.28. The van der Waals surface area contributed by atoms with E-state index >= 15 is 0 Å². The number of carboxylic acid groups (broad SMARTS) is 1. The molecular weight excluding hydrogens is 314 g/mol. The Balaban J connectivity index is 0.00000441. The first-order chi connectivity index (χ1) is 9.70. The van der Waals surface area contributed by atoms with E-state index in [0.717, 1.165) is 6.92 Å².